The summed E-state index contributed by atoms with van der Waals surface area (Å²) in [5.74, 6) is 0.359. The average molecular weight is 703 g/mol. The Bertz CT molecular complexity index is 1500. The minimum atomic E-state index is -3.71. The zero-order valence-corrected chi connectivity index (χ0v) is 30.9. The van der Waals surface area contributed by atoms with Gasteiger partial charge >= 0.3 is 0 Å². The molecule has 266 valence electrons. The Kier molecular flexibility index (Phi) is 12.8. The maximum absolute atomic E-state index is 14.2. The molecule has 1 heterocycles. The molecule has 1 aliphatic heterocycles. The van der Waals surface area contributed by atoms with Gasteiger partial charge in [-0.3, -0.25) is 14.5 Å². The highest BCUT2D eigenvalue weighted by molar-refractivity contribution is 7.92. The number of amides is 2. The van der Waals surface area contributed by atoms with E-state index in [0.29, 0.717) is 29.8 Å². The van der Waals surface area contributed by atoms with Gasteiger partial charge in [0.25, 0.3) is 0 Å². The van der Waals surface area contributed by atoms with Crippen LogP contribution in [-0.2, 0) is 32.4 Å². The number of nitrogens with zero attached hydrogens (tertiary/aromatic N) is 1. The molecule has 9 nitrogen and oxygen atoms in total. The Morgan fingerprint density at radius 1 is 0.979 bits per heavy atom. The molecule has 1 saturated carbocycles. The molecule has 0 spiro atoms. The van der Waals surface area contributed by atoms with E-state index in [9.17, 15) is 23.1 Å². The first-order valence-corrected chi connectivity index (χ1v) is 19.5. The molecule has 48 heavy (non-hydrogen) atoms. The Morgan fingerprint density at radius 2 is 1.60 bits per heavy atom. The number of hydrogen-bond donors (Lipinski definition) is 4. The van der Waals surface area contributed by atoms with Crippen LogP contribution < -0.4 is 16.0 Å². The number of rotatable bonds is 13. The number of carbonyl (C=O) groups excluding carboxylic acids is 2. The van der Waals surface area contributed by atoms with Crippen LogP contribution in [0.3, 0.4) is 0 Å². The molecule has 1 aliphatic carbocycles. The van der Waals surface area contributed by atoms with Crippen LogP contribution in [0.1, 0.15) is 77.8 Å². The third-order valence-electron chi connectivity index (χ3n) is 10.2. The second-order valence-corrected chi connectivity index (χ2v) is 18.4. The fraction of sp³-hybridized carbons (Fsp3) is 0.622. The molecule has 4 N–H and O–H groups in total. The van der Waals surface area contributed by atoms with Crippen LogP contribution >= 0.6 is 11.6 Å². The van der Waals surface area contributed by atoms with Crippen molar-refractivity contribution < 1.29 is 23.1 Å². The van der Waals surface area contributed by atoms with E-state index < -0.39 is 44.2 Å². The van der Waals surface area contributed by atoms with Gasteiger partial charge in [0.05, 0.1) is 22.9 Å². The van der Waals surface area contributed by atoms with Crippen molar-refractivity contribution in [1.29, 1.82) is 0 Å². The molecule has 2 aromatic rings. The maximum Gasteiger partial charge on any atom is 0.239 e. The lowest BCUT2D eigenvalue weighted by Gasteiger charge is -2.47. The summed E-state index contributed by atoms with van der Waals surface area (Å²) in [5.41, 5.74) is 1.25. The summed E-state index contributed by atoms with van der Waals surface area (Å²) in [6.07, 6.45) is 5.72. The molecule has 4 rings (SSSR count). The van der Waals surface area contributed by atoms with Crippen LogP contribution in [-0.4, -0.2) is 84.1 Å². The first kappa shape index (κ1) is 38.3. The number of halogens is 1. The average Bonchev–Trinajstić information content (AvgIpc) is 3.00. The third kappa shape index (κ3) is 10.0. The van der Waals surface area contributed by atoms with Gasteiger partial charge in [-0.1, -0.05) is 79.4 Å². The van der Waals surface area contributed by atoms with Crippen LogP contribution in [0.25, 0.3) is 0 Å². The molecule has 6 atom stereocenters. The predicted octanol–water partition coefficient (Wildman–Crippen LogP) is 4.51. The molecular weight excluding hydrogens is 648 g/mol. The lowest BCUT2D eigenvalue weighted by Crippen LogP contribution is -2.63. The number of benzene rings is 2. The highest BCUT2D eigenvalue weighted by Crippen LogP contribution is 2.39. The molecule has 2 unspecified atom stereocenters. The van der Waals surface area contributed by atoms with Gasteiger partial charge in [0, 0.05) is 36.5 Å². The molecule has 2 aliphatic rings. The van der Waals surface area contributed by atoms with Gasteiger partial charge in [0.2, 0.25) is 11.8 Å². The molecule has 1 saturated heterocycles. The van der Waals surface area contributed by atoms with E-state index in [1.807, 2.05) is 63.2 Å². The van der Waals surface area contributed by atoms with Crippen LogP contribution in [0.2, 0.25) is 5.02 Å². The summed E-state index contributed by atoms with van der Waals surface area (Å²) in [6, 6.07) is 14.5. The van der Waals surface area contributed by atoms with Gasteiger partial charge in [-0.2, -0.15) is 0 Å². The number of fused-ring (bicyclic) bond motifs is 1. The number of aliphatic hydroxyl groups excluding tert-OH is 1. The second-order valence-electron chi connectivity index (χ2n) is 15.4. The number of β-amino-alcohol motifs (C(OH)–C–C–N with tert-alkyl or cyclic N) is 1. The van der Waals surface area contributed by atoms with E-state index in [1.54, 1.807) is 12.1 Å². The molecule has 0 aromatic heterocycles. The minimum absolute atomic E-state index is 0.0406. The molecule has 2 amide bonds. The smallest absolute Gasteiger partial charge is 0.239 e. The number of piperidine rings is 1. The van der Waals surface area contributed by atoms with Gasteiger partial charge in [-0.25, -0.2) is 8.42 Å². The Hall–Kier alpha value is -2.50. The molecule has 0 radical (unpaired) electrons. The number of hydrogen-bond acceptors (Lipinski definition) is 7. The van der Waals surface area contributed by atoms with E-state index >= 15 is 0 Å². The van der Waals surface area contributed by atoms with Gasteiger partial charge < -0.3 is 21.1 Å². The van der Waals surface area contributed by atoms with Crippen molar-refractivity contribution in [2.75, 3.05) is 19.3 Å². The third-order valence-corrected chi connectivity index (χ3v) is 12.7. The van der Waals surface area contributed by atoms with Crippen molar-refractivity contribution in [3.63, 3.8) is 0 Å². The molecule has 11 heteroatoms. The Labute approximate surface area is 292 Å². The Morgan fingerprint density at radius 3 is 2.23 bits per heavy atom. The zero-order valence-electron chi connectivity index (χ0n) is 29.3. The second kappa shape index (κ2) is 16.0. The van der Waals surface area contributed by atoms with Crippen molar-refractivity contribution in [3.8, 4) is 0 Å². The number of sulfone groups is 1. The first-order chi connectivity index (χ1) is 22.5. The highest BCUT2D eigenvalue weighted by Gasteiger charge is 2.45. The summed E-state index contributed by atoms with van der Waals surface area (Å²) in [5, 5.41) is 21.8. The van der Waals surface area contributed by atoms with E-state index in [0.717, 1.165) is 36.6 Å². The SMILES string of the molecule is CC(C)(C)NC(=O)[C@@H]1CC2CCCCC2CN1C[C@@H](O)[C@H](Cc1ccccc1)NC(=O)[C@@H](NCc1ccccc1Cl)C(C)(C)S(C)(=O)=O. The van der Waals surface area contributed by atoms with Crippen molar-refractivity contribution in [1.82, 2.24) is 20.9 Å². The monoisotopic (exact) mass is 702 g/mol. The zero-order chi connectivity index (χ0) is 35.3. The van der Waals surface area contributed by atoms with E-state index in [4.69, 9.17) is 11.6 Å². The Balaban J connectivity index is 1.61. The number of aliphatic hydroxyl groups is 1. The van der Waals surface area contributed by atoms with Gasteiger partial charge in [0.1, 0.15) is 6.04 Å². The van der Waals surface area contributed by atoms with E-state index in [-0.39, 0.29) is 25.0 Å². The van der Waals surface area contributed by atoms with Crippen LogP contribution in [0, 0.1) is 11.8 Å². The van der Waals surface area contributed by atoms with Crippen molar-refractivity contribution in [2.24, 2.45) is 11.8 Å². The lowest BCUT2D eigenvalue weighted by atomic mass is 9.72. The lowest BCUT2D eigenvalue weighted by molar-refractivity contribution is -0.133. The molecule has 2 aromatic carbocycles. The fourth-order valence-corrected chi connectivity index (χ4v) is 7.95. The number of carbonyl (C=O) groups is 2. The van der Waals surface area contributed by atoms with Gasteiger partial charge in [-0.15, -0.1) is 0 Å². The van der Waals surface area contributed by atoms with Crippen LogP contribution in [0.15, 0.2) is 54.6 Å². The van der Waals surface area contributed by atoms with E-state index in [1.165, 1.54) is 26.7 Å². The predicted molar refractivity (Wildman–Crippen MR) is 192 cm³/mol. The quantitative estimate of drug-likeness (QED) is 0.242. The molecule has 0 bridgehead atoms. The summed E-state index contributed by atoms with van der Waals surface area (Å²) >= 11 is 6.39. The summed E-state index contributed by atoms with van der Waals surface area (Å²) in [6.45, 7) is 10.0. The highest BCUT2D eigenvalue weighted by atomic mass is 35.5. The standard InChI is InChI=1S/C37H55ClN4O5S/c1-36(2,3)41-34(44)31-21-26-16-10-11-18-28(26)23-42(31)24-32(43)30(20-25-14-8-7-9-15-25)40-35(45)33(37(4,5)48(6,46)47)39-22-27-17-12-13-19-29(27)38/h7-9,12-15,17,19,26,28,30-33,39,43H,10-11,16,18,20-24H2,1-6H3,(H,40,45)(H,41,44)/t26?,28?,30-,31-,32+,33+/m0/s1. The van der Waals surface area contributed by atoms with Gasteiger partial charge in [0.15, 0.2) is 9.84 Å². The van der Waals surface area contributed by atoms with Crippen molar-refractivity contribution >= 4 is 33.3 Å². The van der Waals surface area contributed by atoms with Crippen LogP contribution in [0.4, 0.5) is 0 Å². The van der Waals surface area contributed by atoms with Gasteiger partial charge in [-0.05, 0) is 82.9 Å². The fourth-order valence-electron chi connectivity index (χ4n) is 7.13. The number of likely N-dealkylation sites (tertiary alicyclic amines) is 1. The molecular formula is C37H55ClN4O5S. The van der Waals surface area contributed by atoms with Crippen LogP contribution in [0.5, 0.6) is 0 Å². The maximum atomic E-state index is 14.2. The minimum Gasteiger partial charge on any atom is -0.390 e. The van der Waals surface area contributed by atoms with Crippen molar-refractivity contribution in [2.45, 2.75) is 114 Å². The summed E-state index contributed by atoms with van der Waals surface area (Å²) in [7, 11) is -3.71. The first-order valence-electron chi connectivity index (χ1n) is 17.2. The topological polar surface area (TPSA) is 128 Å². The normalized spacial score (nSPS) is 22.6. The van der Waals surface area contributed by atoms with E-state index in [2.05, 4.69) is 20.9 Å². The molecule has 2 fully saturated rings. The summed E-state index contributed by atoms with van der Waals surface area (Å²) < 4.78 is 24.6. The summed E-state index contributed by atoms with van der Waals surface area (Å²) in [4.78, 5) is 30.0. The van der Waals surface area contributed by atoms with Crippen molar-refractivity contribution in [3.05, 3.63) is 70.7 Å². The number of nitrogens with one attached hydrogen (secondary N) is 3. The largest absolute Gasteiger partial charge is 0.390 e.